The van der Waals surface area contributed by atoms with Crippen LogP contribution in [0.2, 0.25) is 0 Å². The van der Waals surface area contributed by atoms with Gasteiger partial charge in [-0.1, -0.05) is 0 Å². The van der Waals surface area contributed by atoms with E-state index in [0.717, 1.165) is 15.9 Å². The van der Waals surface area contributed by atoms with Crippen molar-refractivity contribution in [3.8, 4) is 0 Å². The second kappa shape index (κ2) is 6.33. The highest BCUT2D eigenvalue weighted by atomic mass is 79.9. The van der Waals surface area contributed by atoms with Crippen LogP contribution in [-0.4, -0.2) is 36.0 Å². The first kappa shape index (κ1) is 14.4. The molecule has 0 aliphatic carbocycles. The van der Waals surface area contributed by atoms with Gasteiger partial charge in [0.25, 0.3) is 0 Å². The van der Waals surface area contributed by atoms with E-state index < -0.39 is 5.60 Å². The van der Waals surface area contributed by atoms with E-state index in [-0.39, 0.29) is 0 Å². The third-order valence-corrected chi connectivity index (χ3v) is 3.56. The Hall–Kier alpha value is -0.650. The summed E-state index contributed by atoms with van der Waals surface area (Å²) in [6.07, 6.45) is 2.33. The van der Waals surface area contributed by atoms with E-state index in [0.29, 0.717) is 19.6 Å². The van der Waals surface area contributed by atoms with Crippen LogP contribution >= 0.6 is 15.9 Å². The van der Waals surface area contributed by atoms with Crippen LogP contribution in [0.1, 0.15) is 18.9 Å². The van der Waals surface area contributed by atoms with Crippen molar-refractivity contribution in [1.29, 1.82) is 0 Å². The molecule has 0 radical (unpaired) electrons. The normalized spacial score (nSPS) is 14.4. The van der Waals surface area contributed by atoms with Crippen LogP contribution in [0.3, 0.4) is 0 Å². The van der Waals surface area contributed by atoms with Gasteiger partial charge >= 0.3 is 0 Å². The van der Waals surface area contributed by atoms with Gasteiger partial charge in [0.05, 0.1) is 10.1 Å². The Balaban J connectivity index is 2.58. The number of aromatic nitrogens is 1. The Labute approximate surface area is 111 Å². The summed E-state index contributed by atoms with van der Waals surface area (Å²) < 4.78 is 5.89. The molecule has 1 aromatic heterocycles. The summed E-state index contributed by atoms with van der Waals surface area (Å²) in [5.41, 5.74) is 0.306. The number of anilines is 1. The maximum Gasteiger partial charge on any atom is 0.140 e. The third kappa shape index (κ3) is 4.61. The van der Waals surface area contributed by atoms with E-state index in [9.17, 15) is 5.11 Å². The summed E-state index contributed by atoms with van der Waals surface area (Å²) in [6, 6.07) is 1.93. The first-order valence-electron chi connectivity index (χ1n) is 5.52. The van der Waals surface area contributed by atoms with Crippen molar-refractivity contribution in [2.24, 2.45) is 0 Å². The largest absolute Gasteiger partial charge is 0.388 e. The van der Waals surface area contributed by atoms with E-state index in [2.05, 4.69) is 26.2 Å². The zero-order valence-electron chi connectivity index (χ0n) is 10.5. The van der Waals surface area contributed by atoms with Gasteiger partial charge in [0.2, 0.25) is 0 Å². The first-order chi connectivity index (χ1) is 7.96. The van der Waals surface area contributed by atoms with Crippen LogP contribution in [-0.2, 0) is 4.74 Å². The van der Waals surface area contributed by atoms with E-state index in [4.69, 9.17) is 4.74 Å². The van der Waals surface area contributed by atoms with E-state index in [1.807, 2.05) is 13.0 Å². The molecule has 1 rings (SSSR count). The van der Waals surface area contributed by atoms with Gasteiger partial charge in [-0.15, -0.1) is 0 Å². The molecule has 4 nitrogen and oxygen atoms in total. The van der Waals surface area contributed by atoms with Gasteiger partial charge in [0, 0.05) is 32.9 Å². The highest BCUT2D eigenvalue weighted by Gasteiger charge is 2.20. The number of pyridine rings is 1. The van der Waals surface area contributed by atoms with Crippen LogP contribution in [0.4, 0.5) is 5.82 Å². The number of rotatable bonds is 6. The molecule has 17 heavy (non-hydrogen) atoms. The molecule has 0 bridgehead atoms. The predicted molar refractivity (Wildman–Crippen MR) is 72.3 cm³/mol. The molecule has 0 fully saturated rings. The maximum atomic E-state index is 10.1. The molecule has 0 saturated heterocycles. The highest BCUT2D eigenvalue weighted by molar-refractivity contribution is 9.10. The van der Waals surface area contributed by atoms with Crippen LogP contribution in [0.25, 0.3) is 0 Å². The summed E-state index contributed by atoms with van der Waals surface area (Å²) in [6.45, 7) is 4.76. The molecule has 5 heteroatoms. The fourth-order valence-corrected chi connectivity index (χ4v) is 1.72. The lowest BCUT2D eigenvalue weighted by Crippen LogP contribution is -2.35. The molecule has 1 aromatic rings. The summed E-state index contributed by atoms with van der Waals surface area (Å²) in [5, 5.41) is 13.2. The standard InChI is InChI=1S/C12H19BrN2O2/c1-9-4-6-14-11(10(9)13)15-8-12(2,16)5-7-17-3/h4,6,16H,5,7-8H2,1-3H3,(H,14,15). The van der Waals surface area contributed by atoms with Gasteiger partial charge in [0.1, 0.15) is 5.82 Å². The average Bonchev–Trinajstić information content (AvgIpc) is 2.29. The second-order valence-corrected chi connectivity index (χ2v) is 5.18. The average molecular weight is 303 g/mol. The third-order valence-electron chi connectivity index (χ3n) is 2.56. The Morgan fingerprint density at radius 1 is 1.59 bits per heavy atom. The monoisotopic (exact) mass is 302 g/mol. The van der Waals surface area contributed by atoms with E-state index >= 15 is 0 Å². The van der Waals surface area contributed by atoms with Gasteiger partial charge in [-0.2, -0.15) is 0 Å². The lowest BCUT2D eigenvalue weighted by molar-refractivity contribution is 0.0357. The predicted octanol–water partition coefficient (Wildman–Crippen LogP) is 2.35. The molecule has 0 aromatic carbocycles. The smallest absolute Gasteiger partial charge is 0.140 e. The Morgan fingerprint density at radius 2 is 2.29 bits per heavy atom. The minimum Gasteiger partial charge on any atom is -0.388 e. The minimum absolute atomic E-state index is 0.436. The number of ether oxygens (including phenoxy) is 1. The van der Waals surface area contributed by atoms with E-state index in [1.54, 1.807) is 20.2 Å². The maximum absolute atomic E-state index is 10.1. The lowest BCUT2D eigenvalue weighted by atomic mass is 10.0. The molecule has 0 aliphatic rings. The summed E-state index contributed by atoms with van der Waals surface area (Å²) in [4.78, 5) is 4.22. The molecule has 0 aliphatic heterocycles. The zero-order chi connectivity index (χ0) is 12.9. The number of halogens is 1. The number of methoxy groups -OCH3 is 1. The van der Waals surface area contributed by atoms with Crippen molar-refractivity contribution < 1.29 is 9.84 Å². The second-order valence-electron chi connectivity index (χ2n) is 4.38. The number of hydrogen-bond donors (Lipinski definition) is 2. The van der Waals surface area contributed by atoms with Crippen LogP contribution in [0.15, 0.2) is 16.7 Å². The van der Waals surface area contributed by atoms with Gasteiger partial charge < -0.3 is 15.2 Å². The van der Waals surface area contributed by atoms with Crippen molar-refractivity contribution >= 4 is 21.7 Å². The number of aryl methyl sites for hydroxylation is 1. The highest BCUT2D eigenvalue weighted by Crippen LogP contribution is 2.24. The fraction of sp³-hybridized carbons (Fsp3) is 0.583. The molecule has 1 atom stereocenters. The molecule has 0 amide bonds. The quantitative estimate of drug-likeness (QED) is 0.847. The lowest BCUT2D eigenvalue weighted by Gasteiger charge is -2.24. The SMILES string of the molecule is COCCC(C)(O)CNc1nccc(C)c1Br. The number of hydrogen-bond acceptors (Lipinski definition) is 4. The summed E-state index contributed by atoms with van der Waals surface area (Å²) in [7, 11) is 1.63. The Morgan fingerprint density at radius 3 is 2.94 bits per heavy atom. The van der Waals surface area contributed by atoms with Gasteiger partial charge in [0.15, 0.2) is 0 Å². The van der Waals surface area contributed by atoms with Crippen molar-refractivity contribution in [3.63, 3.8) is 0 Å². The zero-order valence-corrected chi connectivity index (χ0v) is 12.0. The topological polar surface area (TPSA) is 54.4 Å². The van der Waals surface area contributed by atoms with E-state index in [1.165, 1.54) is 0 Å². The molecule has 0 spiro atoms. The van der Waals surface area contributed by atoms with Crippen molar-refractivity contribution in [1.82, 2.24) is 4.98 Å². The molecule has 1 heterocycles. The van der Waals surface area contributed by atoms with Crippen LogP contribution < -0.4 is 5.32 Å². The molecule has 0 saturated carbocycles. The van der Waals surface area contributed by atoms with Crippen molar-refractivity contribution in [2.75, 3.05) is 25.6 Å². The van der Waals surface area contributed by atoms with Crippen molar-refractivity contribution in [2.45, 2.75) is 25.9 Å². The van der Waals surface area contributed by atoms with Gasteiger partial charge in [-0.3, -0.25) is 0 Å². The first-order valence-corrected chi connectivity index (χ1v) is 6.32. The van der Waals surface area contributed by atoms with Gasteiger partial charge in [-0.25, -0.2) is 4.98 Å². The number of nitrogens with one attached hydrogen (secondary N) is 1. The summed E-state index contributed by atoms with van der Waals surface area (Å²) in [5.74, 6) is 0.752. The molecule has 2 N–H and O–H groups in total. The van der Waals surface area contributed by atoms with Crippen LogP contribution in [0, 0.1) is 6.92 Å². The van der Waals surface area contributed by atoms with Crippen LogP contribution in [0.5, 0.6) is 0 Å². The Bertz CT molecular complexity index is 370. The summed E-state index contributed by atoms with van der Waals surface area (Å²) >= 11 is 3.47. The number of nitrogens with zero attached hydrogens (tertiary/aromatic N) is 1. The molecular formula is C12H19BrN2O2. The molecule has 1 unspecified atom stereocenters. The van der Waals surface area contributed by atoms with Crippen molar-refractivity contribution in [3.05, 3.63) is 22.3 Å². The van der Waals surface area contributed by atoms with Gasteiger partial charge in [-0.05, 0) is 41.4 Å². The minimum atomic E-state index is -0.805. The fourth-order valence-electron chi connectivity index (χ4n) is 1.35. The molecule has 96 valence electrons. The Kier molecular flexibility index (Phi) is 5.36. The molecular weight excluding hydrogens is 284 g/mol. The number of aliphatic hydroxyl groups is 1.